The number of nitrogens with two attached hydrogens (primary N) is 1. The Bertz CT molecular complexity index is 1250. The lowest BCUT2D eigenvalue weighted by atomic mass is 9.67. The Hall–Kier alpha value is -3.44. The highest BCUT2D eigenvalue weighted by molar-refractivity contribution is 5.42. The van der Waals surface area contributed by atoms with E-state index < -0.39 is 0 Å². The van der Waals surface area contributed by atoms with Crippen molar-refractivity contribution in [3.05, 3.63) is 108 Å². The molecule has 4 aromatic rings. The van der Waals surface area contributed by atoms with Gasteiger partial charge in [-0.2, -0.15) is 0 Å². The second kappa shape index (κ2) is 9.90. The maximum Gasteiger partial charge on any atom is 0.124 e. The highest BCUT2D eigenvalue weighted by atomic mass is 16.5. The fourth-order valence-corrected chi connectivity index (χ4v) is 5.93. The zero-order chi connectivity index (χ0) is 24.4. The van der Waals surface area contributed by atoms with E-state index in [4.69, 9.17) is 24.0 Å². The molecule has 1 aliphatic carbocycles. The van der Waals surface area contributed by atoms with E-state index in [9.17, 15) is 0 Å². The second-order valence-corrected chi connectivity index (χ2v) is 10.4. The highest BCUT2D eigenvalue weighted by Crippen LogP contribution is 2.40. The van der Waals surface area contributed by atoms with Crippen LogP contribution in [-0.4, -0.2) is 11.6 Å². The van der Waals surface area contributed by atoms with Crippen LogP contribution >= 0.6 is 0 Å². The van der Waals surface area contributed by atoms with Gasteiger partial charge in [-0.15, -0.1) is 0 Å². The van der Waals surface area contributed by atoms with Gasteiger partial charge in [0.15, 0.2) is 0 Å². The van der Waals surface area contributed by atoms with Crippen molar-refractivity contribution in [3.8, 4) is 11.5 Å². The third-order valence-electron chi connectivity index (χ3n) is 7.92. The van der Waals surface area contributed by atoms with E-state index >= 15 is 0 Å². The minimum Gasteiger partial charge on any atom is -0.490 e. The van der Waals surface area contributed by atoms with Crippen LogP contribution in [0, 0.1) is 5.92 Å². The minimum absolute atomic E-state index is 0.111. The molecular formula is C31H33NO4. The maximum atomic E-state index is 7.07. The molecule has 0 radical (unpaired) electrons. The molecule has 186 valence electrons. The molecule has 2 aromatic carbocycles. The SMILES string of the molecule is NC1(Cc2ccoc2)CCC(Oc2ccc3c(c2)CCC(c2ccccc2)O3)CC1Cc1ccoc1. The van der Waals surface area contributed by atoms with Crippen LogP contribution in [0.2, 0.25) is 0 Å². The Labute approximate surface area is 212 Å². The fourth-order valence-electron chi connectivity index (χ4n) is 5.93. The molecule has 6 rings (SSSR count). The first-order chi connectivity index (χ1) is 17.6. The molecule has 0 amide bonds. The number of benzene rings is 2. The van der Waals surface area contributed by atoms with E-state index in [0.29, 0.717) is 0 Å². The topological polar surface area (TPSA) is 70.8 Å². The smallest absolute Gasteiger partial charge is 0.124 e. The molecule has 36 heavy (non-hydrogen) atoms. The third kappa shape index (κ3) is 4.93. The monoisotopic (exact) mass is 483 g/mol. The van der Waals surface area contributed by atoms with Gasteiger partial charge in [0, 0.05) is 5.54 Å². The number of ether oxygens (including phenoxy) is 2. The maximum absolute atomic E-state index is 7.07. The first-order valence-corrected chi connectivity index (χ1v) is 13.0. The van der Waals surface area contributed by atoms with Gasteiger partial charge in [-0.05, 0) is 103 Å². The van der Waals surface area contributed by atoms with Crippen molar-refractivity contribution in [3.63, 3.8) is 0 Å². The molecule has 5 heteroatoms. The summed E-state index contributed by atoms with van der Waals surface area (Å²) in [6.45, 7) is 0. The molecule has 1 aliphatic heterocycles. The molecule has 0 bridgehead atoms. The van der Waals surface area contributed by atoms with Crippen LogP contribution in [0.15, 0.2) is 94.6 Å². The molecule has 0 saturated heterocycles. The summed E-state index contributed by atoms with van der Waals surface area (Å²) in [6, 6.07) is 20.8. The van der Waals surface area contributed by atoms with Gasteiger partial charge in [-0.25, -0.2) is 0 Å². The molecular weight excluding hydrogens is 450 g/mol. The Morgan fingerprint density at radius 1 is 0.917 bits per heavy atom. The molecule has 2 aliphatic rings. The molecule has 4 atom stereocenters. The Morgan fingerprint density at radius 3 is 2.50 bits per heavy atom. The number of rotatable bonds is 7. The van der Waals surface area contributed by atoms with Crippen molar-refractivity contribution >= 4 is 0 Å². The summed E-state index contributed by atoms with van der Waals surface area (Å²) < 4.78 is 23.5. The van der Waals surface area contributed by atoms with Crippen molar-refractivity contribution in [2.75, 3.05) is 0 Å². The standard InChI is InChI=1S/C31H33NO4/c32-31(19-23-12-15-34-21-23)13-10-28(18-26(31)16-22-11-14-33-20-22)35-27-7-9-30-25(17-27)6-8-29(36-30)24-4-2-1-3-5-24/h1-5,7,9,11-12,14-15,17,20-21,26,28-29H,6,8,10,13,16,18-19,32H2. The van der Waals surface area contributed by atoms with E-state index in [0.717, 1.165) is 62.0 Å². The number of fused-ring (bicyclic) bond motifs is 1. The largest absolute Gasteiger partial charge is 0.490 e. The van der Waals surface area contributed by atoms with Gasteiger partial charge in [0.05, 0.1) is 31.2 Å². The molecule has 1 saturated carbocycles. The van der Waals surface area contributed by atoms with Gasteiger partial charge >= 0.3 is 0 Å². The number of hydrogen-bond donors (Lipinski definition) is 1. The Balaban J connectivity index is 1.15. The minimum atomic E-state index is -0.308. The van der Waals surface area contributed by atoms with Gasteiger partial charge in [-0.3, -0.25) is 0 Å². The Kier molecular flexibility index (Phi) is 6.32. The van der Waals surface area contributed by atoms with Crippen LogP contribution in [0.25, 0.3) is 0 Å². The molecule has 4 unspecified atom stereocenters. The summed E-state index contributed by atoms with van der Waals surface area (Å²) in [5.41, 5.74) is 11.6. The van der Waals surface area contributed by atoms with Crippen molar-refractivity contribution in [2.24, 2.45) is 11.7 Å². The number of aryl methyl sites for hydroxylation is 1. The second-order valence-electron chi connectivity index (χ2n) is 10.4. The third-order valence-corrected chi connectivity index (χ3v) is 7.92. The quantitative estimate of drug-likeness (QED) is 0.318. The average Bonchev–Trinajstić information content (AvgIpc) is 3.61. The predicted molar refractivity (Wildman–Crippen MR) is 138 cm³/mol. The van der Waals surface area contributed by atoms with Gasteiger partial charge in [0.2, 0.25) is 0 Å². The lowest BCUT2D eigenvalue weighted by molar-refractivity contribution is 0.0690. The zero-order valence-electron chi connectivity index (χ0n) is 20.5. The van der Waals surface area contributed by atoms with E-state index in [-0.39, 0.29) is 23.7 Å². The van der Waals surface area contributed by atoms with E-state index in [1.54, 1.807) is 12.5 Å². The summed E-state index contributed by atoms with van der Waals surface area (Å²) in [4.78, 5) is 0. The van der Waals surface area contributed by atoms with Gasteiger partial charge in [0.25, 0.3) is 0 Å². The molecule has 3 heterocycles. The summed E-state index contributed by atoms with van der Waals surface area (Å²) in [6.07, 6.45) is 13.7. The lowest BCUT2D eigenvalue weighted by Crippen LogP contribution is -2.54. The first kappa shape index (κ1) is 23.0. The van der Waals surface area contributed by atoms with Crippen LogP contribution in [0.1, 0.15) is 54.0 Å². The number of hydrogen-bond acceptors (Lipinski definition) is 5. The van der Waals surface area contributed by atoms with Crippen molar-refractivity contribution in [1.29, 1.82) is 0 Å². The van der Waals surface area contributed by atoms with Gasteiger partial charge in [-0.1, -0.05) is 30.3 Å². The van der Waals surface area contributed by atoms with Crippen LogP contribution in [-0.2, 0) is 19.3 Å². The van der Waals surface area contributed by atoms with Crippen molar-refractivity contribution in [1.82, 2.24) is 0 Å². The highest BCUT2D eigenvalue weighted by Gasteiger charge is 2.41. The summed E-state index contributed by atoms with van der Waals surface area (Å²) >= 11 is 0. The van der Waals surface area contributed by atoms with E-state index in [1.807, 2.05) is 36.8 Å². The van der Waals surface area contributed by atoms with Crippen molar-refractivity contribution < 1.29 is 18.3 Å². The van der Waals surface area contributed by atoms with Crippen LogP contribution in [0.4, 0.5) is 0 Å². The van der Waals surface area contributed by atoms with Crippen LogP contribution < -0.4 is 15.2 Å². The first-order valence-electron chi connectivity index (χ1n) is 13.0. The zero-order valence-corrected chi connectivity index (χ0v) is 20.5. The van der Waals surface area contributed by atoms with Gasteiger partial charge in [0.1, 0.15) is 17.6 Å². The molecule has 2 aromatic heterocycles. The lowest BCUT2D eigenvalue weighted by Gasteiger charge is -2.44. The predicted octanol–water partition coefficient (Wildman–Crippen LogP) is 6.67. The van der Waals surface area contributed by atoms with Gasteiger partial charge < -0.3 is 24.0 Å². The fraction of sp³-hybridized carbons (Fsp3) is 0.355. The summed E-state index contributed by atoms with van der Waals surface area (Å²) in [7, 11) is 0. The van der Waals surface area contributed by atoms with Crippen molar-refractivity contribution in [2.45, 2.75) is 62.7 Å². The normalized spacial score (nSPS) is 25.6. The molecule has 1 fully saturated rings. The number of furan rings is 2. The molecule has 5 nitrogen and oxygen atoms in total. The van der Waals surface area contributed by atoms with E-state index in [2.05, 4.69) is 36.4 Å². The summed E-state index contributed by atoms with van der Waals surface area (Å²) in [5.74, 6) is 2.16. The Morgan fingerprint density at radius 2 is 1.72 bits per heavy atom. The molecule has 2 N–H and O–H groups in total. The van der Waals surface area contributed by atoms with Crippen LogP contribution in [0.5, 0.6) is 11.5 Å². The molecule has 0 spiro atoms. The van der Waals surface area contributed by atoms with E-state index in [1.165, 1.54) is 16.7 Å². The summed E-state index contributed by atoms with van der Waals surface area (Å²) in [5, 5.41) is 0. The average molecular weight is 484 g/mol. The van der Waals surface area contributed by atoms with Crippen LogP contribution in [0.3, 0.4) is 0 Å².